The van der Waals surface area contributed by atoms with Crippen LogP contribution >= 0.6 is 0 Å². The summed E-state index contributed by atoms with van der Waals surface area (Å²) in [7, 11) is 0. The fourth-order valence-electron chi connectivity index (χ4n) is 0.555. The molecule has 0 saturated carbocycles. The average molecular weight is 159 g/mol. The van der Waals surface area contributed by atoms with E-state index >= 15 is 0 Å². The van der Waals surface area contributed by atoms with E-state index in [1.54, 1.807) is 0 Å². The maximum absolute atomic E-state index is 10.8. The van der Waals surface area contributed by atoms with Gasteiger partial charge in [0.1, 0.15) is 0 Å². The van der Waals surface area contributed by atoms with Gasteiger partial charge in [-0.15, -0.1) is 0 Å². The van der Waals surface area contributed by atoms with Gasteiger partial charge in [0, 0.05) is 19.1 Å². The van der Waals surface area contributed by atoms with Crippen molar-refractivity contribution in [2.24, 2.45) is 5.73 Å². The molecule has 4 heteroatoms. The lowest BCUT2D eigenvalue weighted by molar-refractivity contribution is 0.240. The molecule has 0 spiro atoms. The zero-order valence-electron chi connectivity index (χ0n) is 7.18. The standard InChI is InChI=1S/C7H17N3O/c1-3-4-9-7(11)10-5-6(2)8/h6H,3-5,8H2,1-2H3,(H2,9,10,11). The van der Waals surface area contributed by atoms with Crippen LogP contribution in [0.2, 0.25) is 0 Å². The normalized spacial score (nSPS) is 12.3. The van der Waals surface area contributed by atoms with Gasteiger partial charge in [-0.05, 0) is 13.3 Å². The van der Waals surface area contributed by atoms with Crippen molar-refractivity contribution in [3.8, 4) is 0 Å². The van der Waals surface area contributed by atoms with Gasteiger partial charge in [-0.3, -0.25) is 0 Å². The van der Waals surface area contributed by atoms with Gasteiger partial charge in [-0.2, -0.15) is 0 Å². The Morgan fingerprint density at radius 2 is 2.18 bits per heavy atom. The van der Waals surface area contributed by atoms with Crippen LogP contribution in [0.4, 0.5) is 4.79 Å². The number of rotatable bonds is 4. The Kier molecular flexibility index (Phi) is 5.56. The first-order valence-corrected chi connectivity index (χ1v) is 3.94. The zero-order valence-corrected chi connectivity index (χ0v) is 7.18. The highest BCUT2D eigenvalue weighted by atomic mass is 16.2. The molecule has 66 valence electrons. The Bertz CT molecular complexity index is 114. The Labute approximate surface area is 67.5 Å². The number of carbonyl (C=O) groups is 1. The van der Waals surface area contributed by atoms with Crippen molar-refractivity contribution >= 4 is 6.03 Å². The van der Waals surface area contributed by atoms with Gasteiger partial charge in [-0.1, -0.05) is 6.92 Å². The molecule has 0 saturated heterocycles. The van der Waals surface area contributed by atoms with Crippen LogP contribution in [0.15, 0.2) is 0 Å². The summed E-state index contributed by atoms with van der Waals surface area (Å²) in [4.78, 5) is 10.8. The summed E-state index contributed by atoms with van der Waals surface area (Å²) in [6, 6.07) is -0.119. The maximum atomic E-state index is 10.8. The minimum atomic E-state index is -0.135. The largest absolute Gasteiger partial charge is 0.338 e. The minimum absolute atomic E-state index is 0.0161. The van der Waals surface area contributed by atoms with Gasteiger partial charge in [0.15, 0.2) is 0 Å². The molecular weight excluding hydrogens is 142 g/mol. The van der Waals surface area contributed by atoms with Gasteiger partial charge in [0.25, 0.3) is 0 Å². The topological polar surface area (TPSA) is 67.2 Å². The number of nitrogens with two attached hydrogens (primary N) is 1. The van der Waals surface area contributed by atoms with Crippen LogP contribution in [0.5, 0.6) is 0 Å². The van der Waals surface area contributed by atoms with E-state index in [1.807, 2.05) is 13.8 Å². The van der Waals surface area contributed by atoms with Crippen molar-refractivity contribution in [1.82, 2.24) is 10.6 Å². The highest BCUT2D eigenvalue weighted by molar-refractivity contribution is 5.73. The van der Waals surface area contributed by atoms with Crippen LogP contribution in [0, 0.1) is 0 Å². The number of nitrogens with one attached hydrogen (secondary N) is 2. The first-order valence-electron chi connectivity index (χ1n) is 3.94. The summed E-state index contributed by atoms with van der Waals surface area (Å²) in [5.74, 6) is 0. The molecule has 0 fully saturated rings. The zero-order chi connectivity index (χ0) is 8.69. The molecule has 0 aliphatic heterocycles. The lowest BCUT2D eigenvalue weighted by atomic mass is 10.4. The summed E-state index contributed by atoms with van der Waals surface area (Å²) in [5, 5.41) is 5.32. The number of hydrogen-bond donors (Lipinski definition) is 3. The Morgan fingerprint density at radius 3 is 2.64 bits per heavy atom. The summed E-state index contributed by atoms with van der Waals surface area (Å²) in [6.45, 7) is 5.09. The lowest BCUT2D eigenvalue weighted by Crippen LogP contribution is -2.41. The number of urea groups is 1. The third kappa shape index (κ3) is 7.12. The van der Waals surface area contributed by atoms with E-state index in [9.17, 15) is 4.79 Å². The molecule has 1 atom stereocenters. The van der Waals surface area contributed by atoms with Gasteiger partial charge in [0.2, 0.25) is 0 Å². The minimum Gasteiger partial charge on any atom is -0.338 e. The van der Waals surface area contributed by atoms with Crippen molar-refractivity contribution in [2.75, 3.05) is 13.1 Å². The SMILES string of the molecule is CCCNC(=O)NCC(C)N. The molecule has 0 rings (SSSR count). The predicted octanol–water partition coefficient (Wildman–Crippen LogP) is 0.0428. The van der Waals surface area contributed by atoms with Crippen LogP contribution in [-0.2, 0) is 0 Å². The van der Waals surface area contributed by atoms with Crippen molar-refractivity contribution in [3.05, 3.63) is 0 Å². The van der Waals surface area contributed by atoms with Crippen LogP contribution in [-0.4, -0.2) is 25.2 Å². The molecule has 0 aromatic carbocycles. The first-order chi connectivity index (χ1) is 5.16. The van der Waals surface area contributed by atoms with E-state index in [2.05, 4.69) is 10.6 Å². The van der Waals surface area contributed by atoms with E-state index in [4.69, 9.17) is 5.73 Å². The smallest absolute Gasteiger partial charge is 0.314 e. The fourth-order valence-corrected chi connectivity index (χ4v) is 0.555. The van der Waals surface area contributed by atoms with Gasteiger partial charge in [0.05, 0.1) is 0 Å². The molecule has 4 nitrogen and oxygen atoms in total. The quantitative estimate of drug-likeness (QED) is 0.542. The second-order valence-electron chi connectivity index (χ2n) is 2.61. The van der Waals surface area contributed by atoms with Gasteiger partial charge < -0.3 is 16.4 Å². The first kappa shape index (κ1) is 10.2. The molecule has 0 heterocycles. The third-order valence-electron chi connectivity index (χ3n) is 1.12. The van der Waals surface area contributed by atoms with Crippen molar-refractivity contribution in [1.29, 1.82) is 0 Å². The second-order valence-corrected chi connectivity index (χ2v) is 2.61. The lowest BCUT2D eigenvalue weighted by Gasteiger charge is -2.07. The van der Waals surface area contributed by atoms with Crippen molar-refractivity contribution < 1.29 is 4.79 Å². The molecule has 0 bridgehead atoms. The molecule has 0 aromatic heterocycles. The molecule has 11 heavy (non-hydrogen) atoms. The summed E-state index contributed by atoms with van der Waals surface area (Å²) < 4.78 is 0. The highest BCUT2D eigenvalue weighted by Gasteiger charge is 1.98. The molecule has 4 N–H and O–H groups in total. The fraction of sp³-hybridized carbons (Fsp3) is 0.857. The molecule has 0 aromatic rings. The average Bonchev–Trinajstić information content (AvgIpc) is 1.97. The Hall–Kier alpha value is -0.770. The third-order valence-corrected chi connectivity index (χ3v) is 1.12. The van der Waals surface area contributed by atoms with Crippen molar-refractivity contribution in [2.45, 2.75) is 26.3 Å². The van der Waals surface area contributed by atoms with E-state index in [1.165, 1.54) is 0 Å². The van der Waals surface area contributed by atoms with Crippen molar-refractivity contribution in [3.63, 3.8) is 0 Å². The van der Waals surface area contributed by atoms with Crippen LogP contribution in [0.1, 0.15) is 20.3 Å². The predicted molar refractivity (Wildman–Crippen MR) is 45.3 cm³/mol. The van der Waals surface area contributed by atoms with Gasteiger partial charge in [-0.25, -0.2) is 4.79 Å². The van der Waals surface area contributed by atoms with Crippen LogP contribution < -0.4 is 16.4 Å². The van der Waals surface area contributed by atoms with Gasteiger partial charge >= 0.3 is 6.03 Å². The van der Waals surface area contributed by atoms with Crippen LogP contribution in [0.25, 0.3) is 0 Å². The number of amides is 2. The molecule has 0 radical (unpaired) electrons. The van der Waals surface area contributed by atoms with E-state index in [0.717, 1.165) is 6.42 Å². The summed E-state index contributed by atoms with van der Waals surface area (Å²) >= 11 is 0. The van der Waals surface area contributed by atoms with Crippen LogP contribution in [0.3, 0.4) is 0 Å². The molecule has 2 amide bonds. The molecule has 0 aliphatic carbocycles. The highest BCUT2D eigenvalue weighted by Crippen LogP contribution is 1.73. The Balaban J connectivity index is 3.23. The number of hydrogen-bond acceptors (Lipinski definition) is 2. The van der Waals surface area contributed by atoms with E-state index < -0.39 is 0 Å². The summed E-state index contributed by atoms with van der Waals surface area (Å²) in [5.41, 5.74) is 5.43. The van der Waals surface area contributed by atoms with E-state index in [-0.39, 0.29) is 12.1 Å². The molecular formula is C7H17N3O. The number of carbonyl (C=O) groups excluding carboxylic acids is 1. The monoisotopic (exact) mass is 159 g/mol. The maximum Gasteiger partial charge on any atom is 0.314 e. The van der Waals surface area contributed by atoms with E-state index in [0.29, 0.717) is 13.1 Å². The summed E-state index contributed by atoms with van der Waals surface area (Å²) in [6.07, 6.45) is 0.950. The molecule has 1 unspecified atom stereocenters. The Morgan fingerprint density at radius 1 is 1.55 bits per heavy atom. The molecule has 0 aliphatic rings. The second kappa shape index (κ2) is 5.97.